The van der Waals surface area contributed by atoms with E-state index in [1.807, 2.05) is 6.07 Å². The molecular weight excluding hydrogens is 338 g/mol. The summed E-state index contributed by atoms with van der Waals surface area (Å²) in [4.78, 5) is 11.9. The van der Waals surface area contributed by atoms with Crippen molar-refractivity contribution < 1.29 is 19.4 Å². The Kier molecular flexibility index (Phi) is 7.71. The average Bonchev–Trinajstić information content (AvgIpc) is 2.43. The lowest BCUT2D eigenvalue weighted by atomic mass is 10.1. The van der Waals surface area contributed by atoms with Gasteiger partial charge in [-0.2, -0.15) is 0 Å². The minimum atomic E-state index is -0.662. The normalized spacial score (nSPS) is 13.6. The van der Waals surface area contributed by atoms with E-state index in [9.17, 15) is 9.90 Å². The molecule has 0 saturated carbocycles. The van der Waals surface area contributed by atoms with Gasteiger partial charge >= 0.3 is 0 Å². The fourth-order valence-electron chi connectivity index (χ4n) is 1.77. The predicted octanol–water partition coefficient (Wildman–Crippen LogP) is 2.42. The summed E-state index contributed by atoms with van der Waals surface area (Å²) in [5, 5.41) is 12.5. The summed E-state index contributed by atoms with van der Waals surface area (Å²) in [5.74, 6) is 0.307. The summed E-state index contributed by atoms with van der Waals surface area (Å²) in [7, 11) is 1.62. The molecule has 0 bridgehead atoms. The number of halogens is 1. The van der Waals surface area contributed by atoms with Gasteiger partial charge in [0.05, 0.1) is 6.10 Å². The van der Waals surface area contributed by atoms with Gasteiger partial charge in [-0.1, -0.05) is 22.0 Å². The molecule has 1 aromatic carbocycles. The van der Waals surface area contributed by atoms with Gasteiger partial charge in [0.2, 0.25) is 0 Å². The second-order valence-corrected chi connectivity index (χ2v) is 5.67. The fourth-order valence-corrected chi connectivity index (χ4v) is 2.11. The molecule has 0 radical (unpaired) electrons. The number of carbonyl (C=O) groups is 1. The number of hydrogen-bond acceptors (Lipinski definition) is 4. The standard InChI is InChI=1S/C15H22BrNO4/c1-10(18)13-6-5-12(16)9-14(13)21-11(2)15(19)17-7-4-8-20-3/h5-6,9-11,18H,4,7-8H2,1-3H3,(H,17,19). The number of aliphatic hydroxyl groups is 1. The second kappa shape index (κ2) is 9.02. The van der Waals surface area contributed by atoms with Crippen LogP contribution in [0.4, 0.5) is 0 Å². The zero-order chi connectivity index (χ0) is 15.8. The fraction of sp³-hybridized carbons (Fsp3) is 0.533. The molecule has 2 unspecified atom stereocenters. The van der Waals surface area contributed by atoms with Crippen LogP contribution in [-0.4, -0.2) is 37.4 Å². The summed E-state index contributed by atoms with van der Waals surface area (Å²) in [6.45, 7) is 4.49. The number of nitrogens with one attached hydrogen (secondary N) is 1. The van der Waals surface area contributed by atoms with Crippen LogP contribution in [0.1, 0.15) is 31.9 Å². The van der Waals surface area contributed by atoms with Crippen molar-refractivity contribution in [1.82, 2.24) is 5.32 Å². The molecule has 0 aliphatic rings. The van der Waals surface area contributed by atoms with Crippen LogP contribution >= 0.6 is 15.9 Å². The number of aliphatic hydroxyl groups excluding tert-OH is 1. The first kappa shape index (κ1) is 17.9. The van der Waals surface area contributed by atoms with Crippen molar-refractivity contribution in [2.75, 3.05) is 20.3 Å². The molecule has 1 rings (SSSR count). The topological polar surface area (TPSA) is 67.8 Å². The Morgan fingerprint density at radius 2 is 2.14 bits per heavy atom. The van der Waals surface area contributed by atoms with Crippen LogP contribution < -0.4 is 10.1 Å². The van der Waals surface area contributed by atoms with Gasteiger partial charge in [-0.05, 0) is 32.4 Å². The van der Waals surface area contributed by atoms with Gasteiger partial charge in [-0.3, -0.25) is 4.79 Å². The predicted molar refractivity (Wildman–Crippen MR) is 84.4 cm³/mol. The van der Waals surface area contributed by atoms with E-state index in [0.717, 1.165) is 10.9 Å². The first-order valence-electron chi connectivity index (χ1n) is 6.86. The monoisotopic (exact) mass is 359 g/mol. The first-order valence-corrected chi connectivity index (χ1v) is 7.65. The number of methoxy groups -OCH3 is 1. The lowest BCUT2D eigenvalue weighted by Gasteiger charge is -2.18. The van der Waals surface area contributed by atoms with Gasteiger partial charge in [-0.25, -0.2) is 0 Å². The van der Waals surface area contributed by atoms with E-state index >= 15 is 0 Å². The van der Waals surface area contributed by atoms with Crippen LogP contribution in [-0.2, 0) is 9.53 Å². The van der Waals surface area contributed by atoms with E-state index in [0.29, 0.717) is 24.5 Å². The minimum Gasteiger partial charge on any atom is -0.480 e. The zero-order valence-electron chi connectivity index (χ0n) is 12.6. The highest BCUT2D eigenvalue weighted by Crippen LogP contribution is 2.29. The van der Waals surface area contributed by atoms with Crippen molar-refractivity contribution in [3.8, 4) is 5.75 Å². The summed E-state index contributed by atoms with van der Waals surface area (Å²) >= 11 is 3.36. The number of ether oxygens (including phenoxy) is 2. The molecule has 0 saturated heterocycles. The molecule has 2 N–H and O–H groups in total. The molecule has 0 aliphatic carbocycles. The molecule has 0 spiro atoms. The molecule has 2 atom stereocenters. The van der Waals surface area contributed by atoms with Crippen LogP contribution in [0.3, 0.4) is 0 Å². The Balaban J connectivity index is 2.63. The quantitative estimate of drug-likeness (QED) is 0.699. The Morgan fingerprint density at radius 3 is 2.76 bits per heavy atom. The molecule has 1 aromatic rings. The number of hydrogen-bond donors (Lipinski definition) is 2. The lowest BCUT2D eigenvalue weighted by Crippen LogP contribution is -2.37. The van der Waals surface area contributed by atoms with Crippen molar-refractivity contribution in [3.05, 3.63) is 28.2 Å². The number of rotatable bonds is 8. The minimum absolute atomic E-state index is 0.192. The van der Waals surface area contributed by atoms with Crippen LogP contribution in [0.5, 0.6) is 5.75 Å². The summed E-state index contributed by atoms with van der Waals surface area (Å²) in [5.41, 5.74) is 0.650. The molecule has 6 heteroatoms. The SMILES string of the molecule is COCCCNC(=O)C(C)Oc1cc(Br)ccc1C(C)O. The molecular formula is C15H22BrNO4. The third-order valence-electron chi connectivity index (χ3n) is 2.92. The van der Waals surface area contributed by atoms with Crippen LogP contribution in [0.25, 0.3) is 0 Å². The van der Waals surface area contributed by atoms with Gasteiger partial charge in [-0.15, -0.1) is 0 Å². The van der Waals surface area contributed by atoms with E-state index in [1.165, 1.54) is 0 Å². The van der Waals surface area contributed by atoms with Crippen LogP contribution in [0, 0.1) is 0 Å². The van der Waals surface area contributed by atoms with Gasteiger partial charge < -0.3 is 19.9 Å². The highest BCUT2D eigenvalue weighted by atomic mass is 79.9. The van der Waals surface area contributed by atoms with E-state index in [1.54, 1.807) is 33.1 Å². The van der Waals surface area contributed by atoms with E-state index in [4.69, 9.17) is 9.47 Å². The lowest BCUT2D eigenvalue weighted by molar-refractivity contribution is -0.127. The highest BCUT2D eigenvalue weighted by molar-refractivity contribution is 9.10. The van der Waals surface area contributed by atoms with Crippen molar-refractivity contribution in [3.63, 3.8) is 0 Å². The Bertz CT molecular complexity index is 465. The molecule has 118 valence electrons. The average molecular weight is 360 g/mol. The van der Waals surface area contributed by atoms with E-state index in [2.05, 4.69) is 21.2 Å². The van der Waals surface area contributed by atoms with Crippen molar-refractivity contribution >= 4 is 21.8 Å². The molecule has 21 heavy (non-hydrogen) atoms. The number of amides is 1. The highest BCUT2D eigenvalue weighted by Gasteiger charge is 2.17. The molecule has 0 aliphatic heterocycles. The number of carbonyl (C=O) groups excluding carboxylic acids is 1. The molecule has 0 fully saturated rings. The summed E-state index contributed by atoms with van der Waals surface area (Å²) < 4.78 is 11.4. The Morgan fingerprint density at radius 1 is 1.43 bits per heavy atom. The van der Waals surface area contributed by atoms with Crippen LogP contribution in [0.2, 0.25) is 0 Å². The van der Waals surface area contributed by atoms with Crippen LogP contribution in [0.15, 0.2) is 22.7 Å². The maximum atomic E-state index is 11.9. The maximum Gasteiger partial charge on any atom is 0.260 e. The first-order chi connectivity index (χ1) is 9.95. The largest absolute Gasteiger partial charge is 0.480 e. The van der Waals surface area contributed by atoms with Gasteiger partial charge in [0, 0.05) is 30.3 Å². The van der Waals surface area contributed by atoms with Crippen molar-refractivity contribution in [1.29, 1.82) is 0 Å². The third kappa shape index (κ3) is 6.03. The van der Waals surface area contributed by atoms with Crippen molar-refractivity contribution in [2.24, 2.45) is 0 Å². The van der Waals surface area contributed by atoms with E-state index < -0.39 is 12.2 Å². The molecule has 1 amide bonds. The smallest absolute Gasteiger partial charge is 0.260 e. The summed E-state index contributed by atoms with van der Waals surface area (Å²) in [6, 6.07) is 5.34. The molecule has 5 nitrogen and oxygen atoms in total. The molecule has 0 aromatic heterocycles. The zero-order valence-corrected chi connectivity index (χ0v) is 14.1. The summed E-state index contributed by atoms with van der Waals surface area (Å²) in [6.07, 6.45) is -0.547. The van der Waals surface area contributed by atoms with Gasteiger partial charge in [0.15, 0.2) is 6.10 Å². The molecule has 0 heterocycles. The Labute approximate surface area is 133 Å². The van der Waals surface area contributed by atoms with Gasteiger partial charge in [0.1, 0.15) is 5.75 Å². The Hall–Kier alpha value is -1.11. The maximum absolute atomic E-state index is 11.9. The van der Waals surface area contributed by atoms with E-state index in [-0.39, 0.29) is 5.91 Å². The van der Waals surface area contributed by atoms with Crippen molar-refractivity contribution in [2.45, 2.75) is 32.5 Å². The third-order valence-corrected chi connectivity index (χ3v) is 3.42. The second-order valence-electron chi connectivity index (χ2n) is 4.76. The number of benzene rings is 1. The van der Waals surface area contributed by atoms with Gasteiger partial charge in [0.25, 0.3) is 5.91 Å².